The van der Waals surface area contributed by atoms with Crippen molar-refractivity contribution in [3.05, 3.63) is 64.7 Å². The summed E-state index contributed by atoms with van der Waals surface area (Å²) in [5.74, 6) is 0.632. The van der Waals surface area contributed by atoms with Crippen molar-refractivity contribution < 1.29 is 4.79 Å². The summed E-state index contributed by atoms with van der Waals surface area (Å²) in [7, 11) is 0. The highest BCUT2D eigenvalue weighted by Crippen LogP contribution is 2.16. The van der Waals surface area contributed by atoms with E-state index in [1.54, 1.807) is 18.3 Å². The molecule has 2 N–H and O–H groups in total. The van der Waals surface area contributed by atoms with Gasteiger partial charge >= 0.3 is 5.69 Å². The largest absolute Gasteiger partial charge is 0.350 e. The fourth-order valence-electron chi connectivity index (χ4n) is 3.51. The molecule has 0 saturated carbocycles. The number of carbonyl (C=O) groups excluding carboxylic acids is 1. The van der Waals surface area contributed by atoms with E-state index >= 15 is 0 Å². The molecule has 7 heteroatoms. The number of amides is 1. The lowest BCUT2D eigenvalue weighted by atomic mass is 10.0. The molecule has 1 saturated heterocycles. The Kier molecular flexibility index (Phi) is 5.02. The van der Waals surface area contributed by atoms with E-state index in [4.69, 9.17) is 0 Å². The van der Waals surface area contributed by atoms with Gasteiger partial charge in [0.25, 0.3) is 0 Å². The molecule has 140 valence electrons. The van der Waals surface area contributed by atoms with Crippen molar-refractivity contribution in [2.75, 3.05) is 18.4 Å². The summed E-state index contributed by atoms with van der Waals surface area (Å²) in [5.41, 5.74) is 2.11. The van der Waals surface area contributed by atoms with Gasteiger partial charge in [-0.2, -0.15) is 0 Å². The second kappa shape index (κ2) is 7.75. The first kappa shape index (κ1) is 17.5. The van der Waals surface area contributed by atoms with Crippen LogP contribution in [0.3, 0.4) is 0 Å². The fraction of sp³-hybridized carbons (Fsp3) is 0.350. The molecule has 7 nitrogen and oxygen atoms in total. The van der Waals surface area contributed by atoms with E-state index in [-0.39, 0.29) is 11.6 Å². The van der Waals surface area contributed by atoms with Crippen molar-refractivity contribution >= 4 is 17.2 Å². The maximum atomic E-state index is 12.4. The molecule has 1 aliphatic heterocycles. The van der Waals surface area contributed by atoms with Gasteiger partial charge < -0.3 is 10.6 Å². The van der Waals surface area contributed by atoms with Crippen molar-refractivity contribution in [1.29, 1.82) is 0 Å². The van der Waals surface area contributed by atoms with Gasteiger partial charge in [0.05, 0.1) is 6.54 Å². The van der Waals surface area contributed by atoms with E-state index in [2.05, 4.69) is 15.7 Å². The second-order valence-electron chi connectivity index (χ2n) is 7.02. The molecule has 27 heavy (non-hydrogen) atoms. The monoisotopic (exact) mass is 365 g/mol. The lowest BCUT2D eigenvalue weighted by Crippen LogP contribution is -2.21. The molecular formula is C20H23N5O2. The minimum Gasteiger partial charge on any atom is -0.326 e. The van der Waals surface area contributed by atoms with E-state index in [0.717, 1.165) is 37.2 Å². The standard InChI is InChI=1S/C20H23N5O2/c26-19(8-7-15-9-10-21-13-15)22-17-5-3-4-16(12-17)14-25-20(27)24-11-2-1-6-18(24)23-25/h1-6,11-12,15,21H,7-10,13-14H2,(H,22,26). The molecule has 1 atom stereocenters. The first-order valence-corrected chi connectivity index (χ1v) is 9.33. The molecule has 0 radical (unpaired) electrons. The molecule has 1 aromatic carbocycles. The van der Waals surface area contributed by atoms with Crippen LogP contribution >= 0.6 is 0 Å². The van der Waals surface area contributed by atoms with E-state index in [1.807, 2.05) is 30.3 Å². The van der Waals surface area contributed by atoms with Crippen molar-refractivity contribution in [3.63, 3.8) is 0 Å². The van der Waals surface area contributed by atoms with Gasteiger partial charge in [-0.15, -0.1) is 5.10 Å². The number of pyridine rings is 1. The fourth-order valence-corrected chi connectivity index (χ4v) is 3.51. The third-order valence-electron chi connectivity index (χ3n) is 4.97. The molecule has 1 aliphatic rings. The number of anilines is 1. The minimum atomic E-state index is -0.176. The maximum Gasteiger partial charge on any atom is 0.350 e. The highest BCUT2D eigenvalue weighted by atomic mass is 16.2. The zero-order valence-corrected chi connectivity index (χ0v) is 15.1. The number of benzene rings is 1. The van der Waals surface area contributed by atoms with Crippen molar-refractivity contribution in [2.45, 2.75) is 25.8 Å². The van der Waals surface area contributed by atoms with E-state index in [9.17, 15) is 9.59 Å². The van der Waals surface area contributed by atoms with E-state index < -0.39 is 0 Å². The average molecular weight is 365 g/mol. The Morgan fingerprint density at radius 3 is 3.00 bits per heavy atom. The second-order valence-corrected chi connectivity index (χ2v) is 7.02. The predicted octanol–water partition coefficient (Wildman–Crippen LogP) is 1.87. The van der Waals surface area contributed by atoms with Crippen LogP contribution in [0.2, 0.25) is 0 Å². The number of rotatable bonds is 6. The predicted molar refractivity (Wildman–Crippen MR) is 104 cm³/mol. The number of carbonyl (C=O) groups is 1. The Bertz CT molecular complexity index is 1000. The number of nitrogens with zero attached hydrogens (tertiary/aromatic N) is 3. The van der Waals surface area contributed by atoms with Crippen LogP contribution in [0.1, 0.15) is 24.8 Å². The average Bonchev–Trinajstić information content (AvgIpc) is 3.29. The zero-order chi connectivity index (χ0) is 18.6. The molecule has 1 fully saturated rings. The molecule has 2 aromatic heterocycles. The van der Waals surface area contributed by atoms with Gasteiger partial charge in [0.1, 0.15) is 0 Å². The zero-order valence-electron chi connectivity index (χ0n) is 15.1. The van der Waals surface area contributed by atoms with Crippen LogP contribution in [-0.2, 0) is 11.3 Å². The maximum absolute atomic E-state index is 12.4. The van der Waals surface area contributed by atoms with Gasteiger partial charge in [-0.1, -0.05) is 18.2 Å². The minimum absolute atomic E-state index is 0.0314. The molecule has 0 bridgehead atoms. The van der Waals surface area contributed by atoms with Gasteiger partial charge in [0.2, 0.25) is 5.91 Å². The van der Waals surface area contributed by atoms with Gasteiger partial charge in [-0.3, -0.25) is 9.20 Å². The summed E-state index contributed by atoms with van der Waals surface area (Å²) in [6.45, 7) is 2.42. The summed E-state index contributed by atoms with van der Waals surface area (Å²) in [6, 6.07) is 13.0. The quantitative estimate of drug-likeness (QED) is 0.699. The van der Waals surface area contributed by atoms with Crippen LogP contribution in [0.15, 0.2) is 53.5 Å². The van der Waals surface area contributed by atoms with Gasteiger partial charge in [0.15, 0.2) is 5.65 Å². The Morgan fingerprint density at radius 2 is 2.19 bits per heavy atom. The van der Waals surface area contributed by atoms with Crippen molar-refractivity contribution in [1.82, 2.24) is 19.5 Å². The Labute approximate surface area is 157 Å². The normalized spacial score (nSPS) is 16.7. The molecular weight excluding hydrogens is 342 g/mol. The first-order valence-electron chi connectivity index (χ1n) is 9.33. The van der Waals surface area contributed by atoms with Crippen LogP contribution in [-0.4, -0.2) is 33.2 Å². The van der Waals surface area contributed by atoms with Crippen LogP contribution < -0.4 is 16.3 Å². The molecule has 1 unspecified atom stereocenters. The Hall–Kier alpha value is -2.93. The lowest BCUT2D eigenvalue weighted by Gasteiger charge is -2.10. The highest BCUT2D eigenvalue weighted by Gasteiger charge is 2.15. The summed E-state index contributed by atoms with van der Waals surface area (Å²) in [4.78, 5) is 24.6. The van der Waals surface area contributed by atoms with Crippen LogP contribution in [0.4, 0.5) is 5.69 Å². The number of aromatic nitrogens is 3. The van der Waals surface area contributed by atoms with Crippen LogP contribution in [0.25, 0.3) is 5.65 Å². The van der Waals surface area contributed by atoms with Gasteiger partial charge in [0, 0.05) is 18.3 Å². The molecule has 0 spiro atoms. The van der Waals surface area contributed by atoms with E-state index in [1.165, 1.54) is 9.08 Å². The highest BCUT2D eigenvalue weighted by molar-refractivity contribution is 5.90. The molecule has 3 heterocycles. The first-order chi connectivity index (χ1) is 13.2. The van der Waals surface area contributed by atoms with Crippen molar-refractivity contribution in [2.24, 2.45) is 5.92 Å². The van der Waals surface area contributed by atoms with Crippen LogP contribution in [0, 0.1) is 5.92 Å². The number of hydrogen-bond donors (Lipinski definition) is 2. The lowest BCUT2D eigenvalue weighted by molar-refractivity contribution is -0.116. The van der Waals surface area contributed by atoms with E-state index in [0.29, 0.717) is 24.5 Å². The number of fused-ring (bicyclic) bond motifs is 1. The number of hydrogen-bond acceptors (Lipinski definition) is 4. The van der Waals surface area contributed by atoms with Crippen molar-refractivity contribution in [3.8, 4) is 0 Å². The summed E-state index contributed by atoms with van der Waals surface area (Å²) in [5, 5.41) is 10.6. The molecule has 3 aromatic rings. The molecule has 4 rings (SSSR count). The van der Waals surface area contributed by atoms with Gasteiger partial charge in [-0.25, -0.2) is 9.48 Å². The SMILES string of the molecule is O=C(CCC1CCNC1)Nc1cccc(Cn2nc3ccccn3c2=O)c1. The summed E-state index contributed by atoms with van der Waals surface area (Å²) < 4.78 is 2.95. The molecule has 0 aliphatic carbocycles. The van der Waals surface area contributed by atoms with Crippen LogP contribution in [0.5, 0.6) is 0 Å². The third-order valence-corrected chi connectivity index (χ3v) is 4.97. The smallest absolute Gasteiger partial charge is 0.326 e. The number of nitrogens with one attached hydrogen (secondary N) is 2. The Balaban J connectivity index is 1.41. The summed E-state index contributed by atoms with van der Waals surface area (Å²) >= 11 is 0. The summed E-state index contributed by atoms with van der Waals surface area (Å²) in [6.07, 6.45) is 4.30. The third kappa shape index (κ3) is 4.09. The Morgan fingerprint density at radius 1 is 1.26 bits per heavy atom. The molecule has 1 amide bonds. The topological polar surface area (TPSA) is 80.4 Å². The van der Waals surface area contributed by atoms with Gasteiger partial charge in [-0.05, 0) is 61.7 Å².